The standard InChI is InChI=1S/C7H15BN2O2/c1-6(2)7(3,4)12-8(11-6)5(9)10/h1-4H3,(H3,9,10). The maximum Gasteiger partial charge on any atom is 0.531 e. The highest BCUT2D eigenvalue weighted by Crippen LogP contribution is 2.36. The van der Waals surface area contributed by atoms with Gasteiger partial charge in [0.2, 0.25) is 0 Å². The highest BCUT2D eigenvalue weighted by atomic mass is 16.7. The van der Waals surface area contributed by atoms with Gasteiger partial charge in [0.1, 0.15) is 5.73 Å². The Kier molecular flexibility index (Phi) is 1.96. The smallest absolute Gasteiger partial charge is 0.397 e. The second-order valence-electron chi connectivity index (χ2n) is 4.04. The lowest BCUT2D eigenvalue weighted by molar-refractivity contribution is 0.00578. The van der Waals surface area contributed by atoms with Crippen LogP contribution in [0.1, 0.15) is 27.7 Å². The second-order valence-corrected chi connectivity index (χ2v) is 4.04. The quantitative estimate of drug-likeness (QED) is 0.343. The SMILES string of the molecule is CC1(C)OB(C(=N)N)OC1(C)C. The van der Waals surface area contributed by atoms with Gasteiger partial charge in [-0.2, -0.15) is 0 Å². The van der Waals surface area contributed by atoms with Gasteiger partial charge in [-0.25, -0.2) is 0 Å². The second kappa shape index (κ2) is 2.47. The van der Waals surface area contributed by atoms with E-state index in [4.69, 9.17) is 20.5 Å². The fraction of sp³-hybridized carbons (Fsp3) is 0.857. The molecule has 5 heteroatoms. The van der Waals surface area contributed by atoms with Crippen LogP contribution in [-0.2, 0) is 9.31 Å². The molecular weight excluding hydrogens is 155 g/mol. The molecule has 1 fully saturated rings. The van der Waals surface area contributed by atoms with Crippen LogP contribution in [-0.4, -0.2) is 24.1 Å². The van der Waals surface area contributed by atoms with Gasteiger partial charge in [0.25, 0.3) is 0 Å². The van der Waals surface area contributed by atoms with E-state index in [2.05, 4.69) is 0 Å². The van der Waals surface area contributed by atoms with Crippen LogP contribution >= 0.6 is 0 Å². The fourth-order valence-electron chi connectivity index (χ4n) is 0.970. The van der Waals surface area contributed by atoms with Gasteiger partial charge in [-0.1, -0.05) is 0 Å². The fourth-order valence-corrected chi connectivity index (χ4v) is 0.970. The molecule has 0 aromatic carbocycles. The van der Waals surface area contributed by atoms with E-state index in [1.807, 2.05) is 27.7 Å². The predicted molar refractivity (Wildman–Crippen MR) is 48.0 cm³/mol. The summed E-state index contributed by atoms with van der Waals surface area (Å²) in [6.45, 7) is 7.71. The minimum atomic E-state index is -0.685. The van der Waals surface area contributed by atoms with E-state index in [0.29, 0.717) is 0 Å². The number of hydrogen-bond donors (Lipinski definition) is 2. The molecule has 1 aliphatic rings. The molecule has 0 aliphatic carbocycles. The van der Waals surface area contributed by atoms with Gasteiger partial charge in [-0.3, -0.25) is 5.41 Å². The summed E-state index contributed by atoms with van der Waals surface area (Å²) in [4.78, 5) is 0. The van der Waals surface area contributed by atoms with E-state index < -0.39 is 18.3 Å². The molecule has 3 N–H and O–H groups in total. The molecule has 1 aliphatic heterocycles. The highest BCUT2D eigenvalue weighted by Gasteiger charge is 2.52. The van der Waals surface area contributed by atoms with Crippen molar-refractivity contribution < 1.29 is 9.31 Å². The summed E-state index contributed by atoms with van der Waals surface area (Å²) in [5.41, 5.74) is 4.40. The van der Waals surface area contributed by atoms with E-state index >= 15 is 0 Å². The van der Waals surface area contributed by atoms with Crippen molar-refractivity contribution in [2.45, 2.75) is 38.9 Å². The van der Waals surface area contributed by atoms with Crippen LogP contribution in [0.15, 0.2) is 0 Å². The summed E-state index contributed by atoms with van der Waals surface area (Å²) in [6.07, 6.45) is 0. The van der Waals surface area contributed by atoms with Crippen LogP contribution in [0.5, 0.6) is 0 Å². The monoisotopic (exact) mass is 170 g/mol. The minimum absolute atomic E-state index is 0.0753. The Hall–Kier alpha value is -0.545. The molecule has 0 saturated carbocycles. The number of nitrogens with one attached hydrogen (secondary N) is 1. The molecule has 0 bridgehead atoms. The van der Waals surface area contributed by atoms with Gasteiger partial charge >= 0.3 is 7.12 Å². The molecule has 0 amide bonds. The molecule has 1 saturated heterocycles. The van der Waals surface area contributed by atoms with Gasteiger partial charge in [0, 0.05) is 0 Å². The molecule has 0 aromatic heterocycles. The van der Waals surface area contributed by atoms with Crippen molar-refractivity contribution in [2.24, 2.45) is 5.73 Å². The van der Waals surface area contributed by atoms with E-state index in [1.54, 1.807) is 0 Å². The largest absolute Gasteiger partial charge is 0.531 e. The first kappa shape index (κ1) is 9.54. The first-order valence-corrected chi connectivity index (χ1v) is 3.96. The Morgan fingerprint density at radius 1 is 1.17 bits per heavy atom. The third kappa shape index (κ3) is 1.34. The molecular formula is C7H15BN2O2. The number of nitrogens with two attached hydrogens (primary N) is 1. The van der Waals surface area contributed by atoms with Crippen LogP contribution in [0, 0.1) is 5.41 Å². The molecule has 0 aromatic rings. The van der Waals surface area contributed by atoms with E-state index in [0.717, 1.165) is 0 Å². The third-order valence-electron chi connectivity index (χ3n) is 2.51. The number of rotatable bonds is 1. The summed E-state index contributed by atoms with van der Waals surface area (Å²) in [7, 11) is -0.685. The van der Waals surface area contributed by atoms with Crippen molar-refractivity contribution in [3.63, 3.8) is 0 Å². The average molecular weight is 170 g/mol. The van der Waals surface area contributed by atoms with E-state index in [9.17, 15) is 0 Å². The Balaban J connectivity index is 2.81. The highest BCUT2D eigenvalue weighted by molar-refractivity contribution is 6.81. The zero-order chi connectivity index (χ0) is 9.57. The van der Waals surface area contributed by atoms with Gasteiger partial charge in [-0.15, -0.1) is 0 Å². The minimum Gasteiger partial charge on any atom is -0.397 e. The molecule has 0 spiro atoms. The Labute approximate surface area is 73.1 Å². The van der Waals surface area contributed by atoms with E-state index in [-0.39, 0.29) is 5.73 Å². The summed E-state index contributed by atoms with van der Waals surface area (Å²) >= 11 is 0. The van der Waals surface area contributed by atoms with Gasteiger partial charge < -0.3 is 15.0 Å². The zero-order valence-corrected chi connectivity index (χ0v) is 7.97. The van der Waals surface area contributed by atoms with Gasteiger partial charge in [0.15, 0.2) is 0 Å². The lowest BCUT2D eigenvalue weighted by Gasteiger charge is -2.32. The maximum absolute atomic E-state index is 7.17. The van der Waals surface area contributed by atoms with E-state index in [1.165, 1.54) is 0 Å². The van der Waals surface area contributed by atoms with Crippen LogP contribution in [0.3, 0.4) is 0 Å². The van der Waals surface area contributed by atoms with Crippen molar-refractivity contribution >= 4 is 12.9 Å². The predicted octanol–water partition coefficient (Wildman–Crippen LogP) is 0.554. The summed E-state index contributed by atoms with van der Waals surface area (Å²) < 4.78 is 10.9. The van der Waals surface area contributed by atoms with Gasteiger partial charge in [0.05, 0.1) is 11.2 Å². The van der Waals surface area contributed by atoms with Crippen LogP contribution < -0.4 is 5.73 Å². The van der Waals surface area contributed by atoms with Gasteiger partial charge in [-0.05, 0) is 27.7 Å². The molecule has 1 rings (SSSR count). The molecule has 1 heterocycles. The summed E-state index contributed by atoms with van der Waals surface area (Å²) in [6, 6.07) is 0. The summed E-state index contributed by atoms with van der Waals surface area (Å²) in [5.74, 6) is 0. The Morgan fingerprint density at radius 3 is 1.67 bits per heavy atom. The van der Waals surface area contributed by atoms with Crippen molar-refractivity contribution in [1.29, 1.82) is 5.41 Å². The molecule has 0 atom stereocenters. The van der Waals surface area contributed by atoms with Crippen molar-refractivity contribution in [3.8, 4) is 0 Å². The molecule has 12 heavy (non-hydrogen) atoms. The number of hydrogen-bond acceptors (Lipinski definition) is 3. The molecule has 0 unspecified atom stereocenters. The first-order valence-electron chi connectivity index (χ1n) is 3.96. The third-order valence-corrected chi connectivity index (χ3v) is 2.51. The normalized spacial score (nSPS) is 25.8. The Bertz CT molecular complexity index is 199. The first-order chi connectivity index (χ1) is 5.26. The lowest BCUT2D eigenvalue weighted by atomic mass is 9.89. The average Bonchev–Trinajstić information content (AvgIpc) is 2.03. The van der Waals surface area contributed by atoms with Crippen LogP contribution in [0.25, 0.3) is 0 Å². The molecule has 68 valence electrons. The van der Waals surface area contributed by atoms with Crippen LogP contribution in [0.4, 0.5) is 0 Å². The number of amidine groups is 1. The van der Waals surface area contributed by atoms with Crippen LogP contribution in [0.2, 0.25) is 0 Å². The summed E-state index contributed by atoms with van der Waals surface area (Å²) in [5, 5.41) is 7.17. The Morgan fingerprint density at radius 2 is 1.50 bits per heavy atom. The zero-order valence-electron chi connectivity index (χ0n) is 7.97. The molecule has 0 radical (unpaired) electrons. The van der Waals surface area contributed by atoms with Crippen molar-refractivity contribution in [1.82, 2.24) is 0 Å². The topological polar surface area (TPSA) is 68.3 Å². The molecule has 4 nitrogen and oxygen atoms in total. The maximum atomic E-state index is 7.17. The van der Waals surface area contributed by atoms with Crippen molar-refractivity contribution in [3.05, 3.63) is 0 Å². The lowest BCUT2D eigenvalue weighted by Crippen LogP contribution is -2.41. The van der Waals surface area contributed by atoms with Crippen molar-refractivity contribution in [2.75, 3.05) is 0 Å².